The molecule has 2 aromatic heterocycles. The topological polar surface area (TPSA) is 118 Å². The zero-order valence-corrected chi connectivity index (χ0v) is 28.5. The summed E-state index contributed by atoms with van der Waals surface area (Å²) in [6, 6.07) is 46.8. The van der Waals surface area contributed by atoms with Crippen molar-refractivity contribution in [2.24, 2.45) is 20.4 Å². The van der Waals surface area contributed by atoms with E-state index >= 15 is 0 Å². The minimum absolute atomic E-state index is 0.478. The first-order valence-electron chi connectivity index (χ1n) is 16.5. The Bertz CT molecular complexity index is 2280. The van der Waals surface area contributed by atoms with Crippen LogP contribution in [0, 0.1) is 0 Å². The number of para-hydroxylation sites is 6. The molecule has 52 heavy (non-hydrogen) atoms. The lowest BCUT2D eigenvalue weighted by Gasteiger charge is -2.12. The number of nitrogens with one attached hydrogen (secondary N) is 2. The average Bonchev–Trinajstić information content (AvgIpc) is 3.20. The molecule has 2 N–H and O–H groups in total. The molecule has 0 aliphatic rings. The standard InChI is InChI=1S/C42H34N8O2/c1-51-39-17-9-7-15-35(39)47-41(37-25-23-31-11-3-5-13-33(31)45-37)49-43-27-29-19-21-30(22-20-29)28-44-50-42(48-36-16-8-10-18-40(36)52-2)38-26-24-32-12-4-6-14-34(32)46-38/h3-28H,1-2H3,(H,47,49)(H,48,50)/b43-27+,44-28+. The summed E-state index contributed by atoms with van der Waals surface area (Å²) in [6.45, 7) is 0. The third-order valence-electron chi connectivity index (χ3n) is 8.07. The third-order valence-corrected chi connectivity index (χ3v) is 8.07. The smallest absolute Gasteiger partial charge is 0.179 e. The molecular weight excluding hydrogens is 649 g/mol. The van der Waals surface area contributed by atoms with Gasteiger partial charge in [0.25, 0.3) is 0 Å². The van der Waals surface area contributed by atoms with Crippen LogP contribution in [0.1, 0.15) is 22.5 Å². The summed E-state index contributed by atoms with van der Waals surface area (Å²) in [5.74, 6) is 2.31. The van der Waals surface area contributed by atoms with Crippen molar-refractivity contribution < 1.29 is 9.47 Å². The van der Waals surface area contributed by atoms with Crippen molar-refractivity contribution in [3.8, 4) is 11.5 Å². The quantitative estimate of drug-likeness (QED) is 0.0848. The number of nitrogens with zero attached hydrogens (tertiary/aromatic N) is 6. The monoisotopic (exact) mass is 682 g/mol. The largest absolute Gasteiger partial charge is 0.495 e. The van der Waals surface area contributed by atoms with E-state index in [1.54, 1.807) is 26.6 Å². The Morgan fingerprint density at radius 2 is 0.885 bits per heavy atom. The normalized spacial score (nSPS) is 12.1. The molecule has 0 saturated heterocycles. The highest BCUT2D eigenvalue weighted by Gasteiger charge is 2.12. The Kier molecular flexibility index (Phi) is 10.3. The molecule has 0 spiro atoms. The summed E-state index contributed by atoms with van der Waals surface area (Å²) in [7, 11) is 3.26. The summed E-state index contributed by atoms with van der Waals surface area (Å²) in [5.41, 5.74) is 6.21. The lowest BCUT2D eigenvalue weighted by atomic mass is 10.2. The zero-order valence-electron chi connectivity index (χ0n) is 28.5. The number of rotatable bonds is 10. The molecule has 254 valence electrons. The fourth-order valence-corrected chi connectivity index (χ4v) is 5.40. The Morgan fingerprint density at radius 1 is 0.481 bits per heavy atom. The van der Waals surface area contributed by atoms with Crippen LogP contribution >= 0.6 is 0 Å². The molecule has 0 amide bonds. The molecular formula is C42H34N8O2. The number of amidine groups is 2. The molecule has 0 aliphatic heterocycles. The minimum Gasteiger partial charge on any atom is -0.495 e. The molecule has 5 aromatic carbocycles. The van der Waals surface area contributed by atoms with Crippen LogP contribution in [0.15, 0.2) is 166 Å². The lowest BCUT2D eigenvalue weighted by Crippen LogP contribution is -2.15. The molecule has 0 fully saturated rings. The molecule has 0 saturated carbocycles. The van der Waals surface area contributed by atoms with Crippen LogP contribution in [0.3, 0.4) is 0 Å². The van der Waals surface area contributed by atoms with E-state index in [9.17, 15) is 0 Å². The Hall–Kier alpha value is -7.20. The number of hydrogen-bond donors (Lipinski definition) is 2. The summed E-state index contributed by atoms with van der Waals surface area (Å²) in [6.07, 6.45) is 3.37. The van der Waals surface area contributed by atoms with Crippen molar-refractivity contribution in [1.29, 1.82) is 0 Å². The van der Waals surface area contributed by atoms with Crippen LogP contribution in [0.5, 0.6) is 11.5 Å². The number of pyridine rings is 2. The summed E-state index contributed by atoms with van der Waals surface area (Å²) >= 11 is 0. The van der Waals surface area contributed by atoms with Crippen molar-refractivity contribution in [2.75, 3.05) is 24.9 Å². The van der Waals surface area contributed by atoms with Crippen LogP contribution in [-0.4, -0.2) is 48.3 Å². The Labute approximate surface area is 301 Å². The second kappa shape index (κ2) is 16.0. The van der Waals surface area contributed by atoms with E-state index in [0.29, 0.717) is 34.6 Å². The predicted molar refractivity (Wildman–Crippen MR) is 211 cm³/mol. The molecule has 0 radical (unpaired) electrons. The highest BCUT2D eigenvalue weighted by Crippen LogP contribution is 2.25. The minimum atomic E-state index is 0.478. The molecule has 0 aliphatic carbocycles. The van der Waals surface area contributed by atoms with Crippen molar-refractivity contribution in [3.05, 3.63) is 168 Å². The highest BCUT2D eigenvalue weighted by atomic mass is 16.5. The van der Waals surface area contributed by atoms with Gasteiger partial charge in [0, 0.05) is 10.8 Å². The summed E-state index contributed by atoms with van der Waals surface area (Å²) < 4.78 is 11.1. The Balaban J connectivity index is 1.12. The first kappa shape index (κ1) is 33.3. The number of ether oxygens (including phenoxy) is 2. The number of methoxy groups -OCH3 is 2. The molecule has 7 rings (SSSR count). The van der Waals surface area contributed by atoms with E-state index in [2.05, 4.69) is 31.0 Å². The van der Waals surface area contributed by atoms with Gasteiger partial charge in [-0.15, -0.1) is 10.2 Å². The maximum Gasteiger partial charge on any atom is 0.179 e. The van der Waals surface area contributed by atoms with Gasteiger partial charge in [0.15, 0.2) is 11.7 Å². The van der Waals surface area contributed by atoms with Crippen LogP contribution in [-0.2, 0) is 0 Å². The van der Waals surface area contributed by atoms with Crippen LogP contribution in [0.4, 0.5) is 11.4 Å². The number of anilines is 2. The number of aromatic nitrogens is 2. The third kappa shape index (κ3) is 7.98. The molecule has 0 unspecified atom stereocenters. The van der Waals surface area contributed by atoms with Crippen LogP contribution in [0.2, 0.25) is 0 Å². The Morgan fingerprint density at radius 3 is 1.33 bits per heavy atom. The van der Waals surface area contributed by atoms with Gasteiger partial charge in [0.2, 0.25) is 0 Å². The van der Waals surface area contributed by atoms with Gasteiger partial charge in [0.1, 0.15) is 22.9 Å². The molecule has 0 bridgehead atoms. The van der Waals surface area contributed by atoms with E-state index in [1.165, 1.54) is 0 Å². The molecule has 2 heterocycles. The van der Waals surface area contributed by atoms with Gasteiger partial charge >= 0.3 is 0 Å². The van der Waals surface area contributed by atoms with Crippen molar-refractivity contribution in [3.63, 3.8) is 0 Å². The van der Waals surface area contributed by atoms with Gasteiger partial charge < -0.3 is 20.1 Å². The zero-order chi connectivity index (χ0) is 35.5. The van der Waals surface area contributed by atoms with E-state index < -0.39 is 0 Å². The van der Waals surface area contributed by atoms with Crippen molar-refractivity contribution in [2.45, 2.75) is 0 Å². The highest BCUT2D eigenvalue weighted by molar-refractivity contribution is 6.09. The van der Waals surface area contributed by atoms with Gasteiger partial charge in [-0.05, 0) is 59.7 Å². The lowest BCUT2D eigenvalue weighted by molar-refractivity contribution is 0.417. The van der Waals surface area contributed by atoms with Gasteiger partial charge in [-0.2, -0.15) is 10.2 Å². The van der Waals surface area contributed by atoms with Gasteiger partial charge in [-0.3, -0.25) is 0 Å². The second-order valence-electron chi connectivity index (χ2n) is 11.5. The maximum atomic E-state index is 5.55. The predicted octanol–water partition coefficient (Wildman–Crippen LogP) is 8.59. The van der Waals surface area contributed by atoms with Crippen molar-refractivity contribution in [1.82, 2.24) is 9.97 Å². The van der Waals surface area contributed by atoms with E-state index in [0.717, 1.165) is 44.3 Å². The first-order valence-corrected chi connectivity index (χ1v) is 16.5. The maximum absolute atomic E-state index is 5.55. The number of fused-ring (bicyclic) bond motifs is 2. The van der Waals surface area contributed by atoms with Crippen LogP contribution in [0.25, 0.3) is 21.8 Å². The molecule has 10 nitrogen and oxygen atoms in total. The van der Waals surface area contributed by atoms with E-state index in [1.807, 2.05) is 146 Å². The summed E-state index contributed by atoms with van der Waals surface area (Å²) in [4.78, 5) is 9.64. The SMILES string of the molecule is COc1ccccc1N/C(=N\N=C\c1ccc(/C=N/N=C(\Nc2ccccc2OC)c2ccc3ccccc3n2)cc1)c1ccc2ccccc2n1. The van der Waals surface area contributed by atoms with E-state index in [4.69, 9.17) is 19.4 Å². The van der Waals surface area contributed by atoms with Crippen molar-refractivity contribution >= 4 is 57.3 Å². The van der Waals surface area contributed by atoms with Crippen LogP contribution < -0.4 is 20.1 Å². The number of benzene rings is 5. The first-order chi connectivity index (χ1) is 25.7. The fourth-order valence-electron chi connectivity index (χ4n) is 5.40. The molecule has 10 heteroatoms. The average molecular weight is 683 g/mol. The summed E-state index contributed by atoms with van der Waals surface area (Å²) in [5, 5.41) is 26.7. The van der Waals surface area contributed by atoms with Gasteiger partial charge in [-0.25, -0.2) is 9.97 Å². The fraction of sp³-hybridized carbons (Fsp3) is 0.0476. The number of hydrogen-bond acceptors (Lipinski definition) is 8. The van der Waals surface area contributed by atoms with Gasteiger partial charge in [-0.1, -0.05) is 97.1 Å². The molecule has 7 aromatic rings. The van der Waals surface area contributed by atoms with E-state index in [-0.39, 0.29) is 0 Å². The molecule has 0 atom stereocenters. The second-order valence-corrected chi connectivity index (χ2v) is 11.5. The van der Waals surface area contributed by atoms with Gasteiger partial charge in [0.05, 0.1) is 49.1 Å².